The van der Waals surface area contributed by atoms with Crippen LogP contribution in [0.3, 0.4) is 0 Å². The molecule has 152 valence electrons. The molecule has 0 saturated carbocycles. The number of anilines is 2. The second kappa shape index (κ2) is 9.47. The highest BCUT2D eigenvalue weighted by atomic mass is 35.5. The number of aromatic nitrogens is 2. The van der Waals surface area contributed by atoms with Gasteiger partial charge >= 0.3 is 0 Å². The largest absolute Gasteiger partial charge is 0.470 e. The Bertz CT molecular complexity index is 965. The molecule has 1 heterocycles. The number of aryl methyl sites for hydroxylation is 1. The number of carbonyl (C=O) groups is 1. The zero-order valence-corrected chi connectivity index (χ0v) is 17.6. The van der Waals surface area contributed by atoms with Crippen molar-refractivity contribution in [2.45, 2.75) is 27.5 Å². The molecular formula is C22H25ClN4O2. The van der Waals surface area contributed by atoms with E-state index in [9.17, 15) is 4.79 Å². The summed E-state index contributed by atoms with van der Waals surface area (Å²) in [6, 6.07) is 15.0. The van der Waals surface area contributed by atoms with Gasteiger partial charge in [-0.1, -0.05) is 17.7 Å². The molecular weight excluding hydrogens is 388 g/mol. The van der Waals surface area contributed by atoms with E-state index in [0.717, 1.165) is 30.0 Å². The molecule has 0 aliphatic heterocycles. The Labute approximate surface area is 176 Å². The van der Waals surface area contributed by atoms with Crippen molar-refractivity contribution in [2.75, 3.05) is 23.3 Å². The van der Waals surface area contributed by atoms with Gasteiger partial charge in [-0.05, 0) is 68.8 Å². The summed E-state index contributed by atoms with van der Waals surface area (Å²) in [7, 11) is 0. The lowest BCUT2D eigenvalue weighted by molar-refractivity contribution is 0.102. The number of benzene rings is 2. The quantitative estimate of drug-likeness (QED) is 0.566. The van der Waals surface area contributed by atoms with E-state index in [1.165, 1.54) is 0 Å². The highest BCUT2D eigenvalue weighted by Gasteiger charge is 2.11. The van der Waals surface area contributed by atoms with Gasteiger partial charge in [0, 0.05) is 30.7 Å². The van der Waals surface area contributed by atoms with Crippen LogP contribution < -0.4 is 15.0 Å². The van der Waals surface area contributed by atoms with Gasteiger partial charge in [-0.2, -0.15) is 5.10 Å². The van der Waals surface area contributed by atoms with Gasteiger partial charge in [0.05, 0.1) is 5.02 Å². The maximum Gasteiger partial charge on any atom is 0.276 e. The third-order valence-corrected chi connectivity index (χ3v) is 4.88. The molecule has 0 unspecified atom stereocenters. The van der Waals surface area contributed by atoms with Crippen molar-refractivity contribution in [2.24, 2.45) is 0 Å². The van der Waals surface area contributed by atoms with Crippen LogP contribution in [0.2, 0.25) is 5.02 Å². The second-order valence-corrected chi connectivity index (χ2v) is 7.03. The fourth-order valence-electron chi connectivity index (χ4n) is 2.95. The molecule has 0 bridgehead atoms. The maximum atomic E-state index is 12.5. The van der Waals surface area contributed by atoms with Crippen molar-refractivity contribution in [1.29, 1.82) is 0 Å². The van der Waals surface area contributed by atoms with Crippen molar-refractivity contribution in [1.82, 2.24) is 9.78 Å². The summed E-state index contributed by atoms with van der Waals surface area (Å²) in [5.74, 6) is 0.314. The molecule has 1 amide bonds. The van der Waals surface area contributed by atoms with E-state index in [1.807, 2.05) is 43.3 Å². The van der Waals surface area contributed by atoms with Crippen LogP contribution in [0.15, 0.2) is 54.7 Å². The number of hydrogen-bond donors (Lipinski definition) is 1. The van der Waals surface area contributed by atoms with Gasteiger partial charge in [-0.15, -0.1) is 0 Å². The van der Waals surface area contributed by atoms with E-state index in [4.69, 9.17) is 16.3 Å². The molecule has 7 heteroatoms. The first-order chi connectivity index (χ1) is 14.0. The number of amides is 1. The Morgan fingerprint density at radius 2 is 1.86 bits per heavy atom. The Hall–Kier alpha value is -2.99. The number of carbonyl (C=O) groups excluding carboxylic acids is 1. The Balaban J connectivity index is 1.59. The molecule has 0 aliphatic carbocycles. The third-order valence-electron chi connectivity index (χ3n) is 4.57. The molecule has 0 atom stereocenters. The summed E-state index contributed by atoms with van der Waals surface area (Å²) < 4.78 is 7.26. The van der Waals surface area contributed by atoms with Crippen molar-refractivity contribution < 1.29 is 9.53 Å². The van der Waals surface area contributed by atoms with Crippen molar-refractivity contribution in [3.8, 4) is 5.75 Å². The third kappa shape index (κ3) is 5.29. The van der Waals surface area contributed by atoms with Crippen LogP contribution in [0.4, 0.5) is 11.4 Å². The normalized spacial score (nSPS) is 10.6. The Morgan fingerprint density at radius 3 is 2.55 bits per heavy atom. The summed E-state index contributed by atoms with van der Waals surface area (Å²) >= 11 is 6.14. The molecule has 0 spiro atoms. The minimum absolute atomic E-state index is 0.162. The first-order valence-corrected chi connectivity index (χ1v) is 9.96. The summed E-state index contributed by atoms with van der Waals surface area (Å²) in [4.78, 5) is 14.7. The predicted octanol–water partition coefficient (Wildman–Crippen LogP) is 4.98. The van der Waals surface area contributed by atoms with E-state index in [0.29, 0.717) is 16.5 Å². The van der Waals surface area contributed by atoms with Crippen LogP contribution in [0.5, 0.6) is 5.75 Å². The van der Waals surface area contributed by atoms with E-state index in [-0.39, 0.29) is 12.6 Å². The summed E-state index contributed by atoms with van der Waals surface area (Å²) in [5, 5.41) is 7.68. The molecule has 0 fully saturated rings. The first kappa shape index (κ1) is 20.7. The van der Waals surface area contributed by atoms with Gasteiger partial charge in [0.25, 0.3) is 5.91 Å². The zero-order chi connectivity index (χ0) is 20.8. The number of rotatable bonds is 8. The molecule has 0 radical (unpaired) electrons. The van der Waals surface area contributed by atoms with Gasteiger partial charge in [0.2, 0.25) is 0 Å². The van der Waals surface area contributed by atoms with Crippen molar-refractivity contribution in [3.63, 3.8) is 0 Å². The van der Waals surface area contributed by atoms with Crippen molar-refractivity contribution in [3.05, 3.63) is 71.0 Å². The molecule has 2 aromatic carbocycles. The Morgan fingerprint density at radius 1 is 1.14 bits per heavy atom. The van der Waals surface area contributed by atoms with Crippen molar-refractivity contribution >= 4 is 28.9 Å². The van der Waals surface area contributed by atoms with Crippen LogP contribution in [0, 0.1) is 6.92 Å². The molecule has 3 rings (SSSR count). The maximum absolute atomic E-state index is 12.5. The highest BCUT2D eigenvalue weighted by molar-refractivity contribution is 6.32. The topological polar surface area (TPSA) is 59.4 Å². The van der Waals surface area contributed by atoms with Gasteiger partial charge in [0.15, 0.2) is 12.4 Å². The minimum atomic E-state index is -0.270. The number of nitrogens with one attached hydrogen (secondary N) is 1. The monoisotopic (exact) mass is 412 g/mol. The predicted molar refractivity (Wildman–Crippen MR) is 117 cm³/mol. The van der Waals surface area contributed by atoms with Gasteiger partial charge in [-0.3, -0.25) is 4.79 Å². The van der Waals surface area contributed by atoms with E-state index in [1.54, 1.807) is 23.0 Å². The number of nitrogens with zero attached hydrogens (tertiary/aromatic N) is 3. The minimum Gasteiger partial charge on any atom is -0.470 e. The smallest absolute Gasteiger partial charge is 0.276 e. The lowest BCUT2D eigenvalue weighted by atomic mass is 10.2. The molecule has 6 nitrogen and oxygen atoms in total. The average Bonchev–Trinajstić information content (AvgIpc) is 3.20. The SMILES string of the molecule is CCN(CC)c1ccc(NC(=O)c2ccn(COc3cc(C)ccc3Cl)n2)cc1. The lowest BCUT2D eigenvalue weighted by Crippen LogP contribution is -2.21. The number of hydrogen-bond acceptors (Lipinski definition) is 4. The van der Waals surface area contributed by atoms with E-state index in [2.05, 4.69) is 29.2 Å². The van der Waals surface area contributed by atoms with Crippen LogP contribution >= 0.6 is 11.6 Å². The molecule has 0 saturated heterocycles. The molecule has 3 aromatic rings. The van der Waals surface area contributed by atoms with E-state index < -0.39 is 0 Å². The van der Waals surface area contributed by atoms with Crippen LogP contribution in [0.1, 0.15) is 29.9 Å². The van der Waals surface area contributed by atoms with Crippen LogP contribution in [-0.2, 0) is 6.73 Å². The molecule has 29 heavy (non-hydrogen) atoms. The summed E-state index contributed by atoms with van der Waals surface area (Å²) in [5.41, 5.74) is 3.22. The standard InChI is InChI=1S/C22H25ClN4O2/c1-4-26(5-2)18-9-7-17(8-10-18)24-22(28)20-12-13-27(25-20)15-29-21-14-16(3)6-11-19(21)23/h6-14H,4-5,15H2,1-3H3,(H,24,28). The molecule has 1 N–H and O–H groups in total. The fraction of sp³-hybridized carbons (Fsp3) is 0.273. The second-order valence-electron chi connectivity index (χ2n) is 6.62. The summed E-state index contributed by atoms with van der Waals surface area (Å²) in [6.07, 6.45) is 1.70. The van der Waals surface area contributed by atoms with Crippen LogP contribution in [-0.4, -0.2) is 28.8 Å². The molecule has 0 aliphatic rings. The Kier molecular flexibility index (Phi) is 6.77. The fourth-order valence-corrected chi connectivity index (χ4v) is 3.12. The molecule has 1 aromatic heterocycles. The van der Waals surface area contributed by atoms with E-state index >= 15 is 0 Å². The first-order valence-electron chi connectivity index (χ1n) is 9.59. The van der Waals surface area contributed by atoms with Gasteiger partial charge in [0.1, 0.15) is 5.75 Å². The van der Waals surface area contributed by atoms with Gasteiger partial charge in [-0.25, -0.2) is 4.68 Å². The zero-order valence-electron chi connectivity index (χ0n) is 16.9. The number of halogens is 1. The number of ether oxygens (including phenoxy) is 1. The summed E-state index contributed by atoms with van der Waals surface area (Å²) in [6.45, 7) is 8.24. The van der Waals surface area contributed by atoms with Crippen LogP contribution in [0.25, 0.3) is 0 Å². The highest BCUT2D eigenvalue weighted by Crippen LogP contribution is 2.25. The average molecular weight is 413 g/mol. The lowest BCUT2D eigenvalue weighted by Gasteiger charge is -2.21. The van der Waals surface area contributed by atoms with Gasteiger partial charge < -0.3 is 15.0 Å².